The molecule has 5 rings (SSSR count). The van der Waals surface area contributed by atoms with Crippen molar-refractivity contribution in [1.82, 2.24) is 10.2 Å². The number of hydrogen-bond acceptors (Lipinski definition) is 5. The van der Waals surface area contributed by atoms with Gasteiger partial charge in [0.1, 0.15) is 6.04 Å². The first-order chi connectivity index (χ1) is 17.3. The van der Waals surface area contributed by atoms with E-state index in [-0.39, 0.29) is 42.0 Å². The highest BCUT2D eigenvalue weighted by molar-refractivity contribution is 8.02. The third kappa shape index (κ3) is 3.82. The molecule has 0 saturated carbocycles. The van der Waals surface area contributed by atoms with Crippen molar-refractivity contribution in [1.29, 1.82) is 0 Å². The van der Waals surface area contributed by atoms with E-state index in [0.29, 0.717) is 6.54 Å². The fourth-order valence-electron chi connectivity index (χ4n) is 6.57. The number of rotatable bonds is 7. The summed E-state index contributed by atoms with van der Waals surface area (Å²) in [4.78, 5) is 42.7. The first kappa shape index (κ1) is 24.8. The van der Waals surface area contributed by atoms with Crippen LogP contribution in [-0.4, -0.2) is 56.9 Å². The number of benzene rings is 2. The Kier molecular flexibility index (Phi) is 6.59. The minimum Gasteiger partial charge on any atom is -0.395 e. The number of nitrogens with zero attached hydrogens (tertiary/aromatic N) is 1. The van der Waals surface area contributed by atoms with Crippen LogP contribution in [0.15, 0.2) is 48.5 Å². The molecule has 3 aliphatic heterocycles. The molecule has 3 N–H and O–H groups in total. The van der Waals surface area contributed by atoms with Crippen molar-refractivity contribution < 1.29 is 19.5 Å². The van der Waals surface area contributed by atoms with Gasteiger partial charge in [-0.25, -0.2) is 0 Å². The summed E-state index contributed by atoms with van der Waals surface area (Å²) >= 11 is 1.64. The highest BCUT2D eigenvalue weighted by Crippen LogP contribution is 2.68. The Balaban J connectivity index is 1.46. The third-order valence-electron chi connectivity index (χ3n) is 8.18. The lowest BCUT2D eigenvalue weighted by molar-refractivity contribution is -0.140. The molecule has 3 unspecified atom stereocenters. The number of carbonyl (C=O) groups is 3. The van der Waals surface area contributed by atoms with E-state index in [0.717, 1.165) is 28.8 Å². The third-order valence-corrected chi connectivity index (χ3v) is 10.3. The van der Waals surface area contributed by atoms with E-state index in [4.69, 9.17) is 0 Å². The minimum absolute atomic E-state index is 0.0171. The number of likely N-dealkylation sites (tertiary alicyclic amines) is 1. The van der Waals surface area contributed by atoms with Gasteiger partial charge in [0.2, 0.25) is 17.7 Å². The van der Waals surface area contributed by atoms with Crippen molar-refractivity contribution in [2.75, 3.05) is 18.5 Å². The molecule has 0 radical (unpaired) electrons. The van der Waals surface area contributed by atoms with Crippen LogP contribution in [0.5, 0.6) is 0 Å². The van der Waals surface area contributed by atoms with E-state index in [1.165, 1.54) is 4.90 Å². The van der Waals surface area contributed by atoms with E-state index >= 15 is 0 Å². The predicted molar refractivity (Wildman–Crippen MR) is 140 cm³/mol. The molecule has 6 atom stereocenters. The van der Waals surface area contributed by atoms with Crippen molar-refractivity contribution in [2.45, 2.75) is 49.8 Å². The normalized spacial score (nSPS) is 30.4. The maximum atomic E-state index is 13.9. The van der Waals surface area contributed by atoms with Crippen molar-refractivity contribution in [3.63, 3.8) is 0 Å². The SMILES string of the molecule is Cc1cccc(C)c1NC(=O)C1N(CCO)C(=O)[C@@H]2[C@H](C(=O)NCc3ccccc3)[C@@H]3CC(C)C12S3. The van der Waals surface area contributed by atoms with Crippen LogP contribution >= 0.6 is 11.8 Å². The Labute approximate surface area is 216 Å². The smallest absolute Gasteiger partial charge is 0.248 e. The predicted octanol–water partition coefficient (Wildman–Crippen LogP) is 2.89. The zero-order valence-electron chi connectivity index (χ0n) is 20.9. The van der Waals surface area contributed by atoms with Gasteiger partial charge in [0, 0.05) is 24.0 Å². The molecule has 3 saturated heterocycles. The highest BCUT2D eigenvalue weighted by atomic mass is 32.2. The summed E-state index contributed by atoms with van der Waals surface area (Å²) in [5.74, 6) is -1.59. The summed E-state index contributed by atoms with van der Waals surface area (Å²) in [6.45, 7) is 6.20. The number of thioether (sulfide) groups is 1. The van der Waals surface area contributed by atoms with Gasteiger partial charge in [-0.15, -0.1) is 11.8 Å². The van der Waals surface area contributed by atoms with Gasteiger partial charge in [-0.1, -0.05) is 55.5 Å². The average Bonchev–Trinajstić information content (AvgIpc) is 3.45. The van der Waals surface area contributed by atoms with Crippen molar-refractivity contribution in [3.05, 3.63) is 65.2 Å². The van der Waals surface area contributed by atoms with E-state index in [1.807, 2.05) is 62.4 Å². The van der Waals surface area contributed by atoms with Gasteiger partial charge in [-0.2, -0.15) is 0 Å². The molecule has 0 aliphatic carbocycles. The number of aliphatic hydroxyl groups excluding tert-OH is 1. The zero-order valence-corrected chi connectivity index (χ0v) is 21.7. The standard InChI is InChI=1S/C28H33N3O4S/c1-16-8-7-9-17(2)23(16)30-26(34)24-28-18(3)14-20(36-28)21(22(28)27(35)31(24)12-13-32)25(33)29-15-19-10-5-4-6-11-19/h4-11,18,20-22,24,32H,12-15H2,1-3H3,(H,29,33)(H,30,34)/t18?,20-,21+,22-,24?,28?/m0/s1. The second kappa shape index (κ2) is 9.56. The second-order valence-electron chi connectivity index (χ2n) is 10.3. The highest BCUT2D eigenvalue weighted by Gasteiger charge is 2.75. The first-order valence-electron chi connectivity index (χ1n) is 12.6. The maximum absolute atomic E-state index is 13.9. The fourth-order valence-corrected chi connectivity index (χ4v) is 9.00. The number of carbonyl (C=O) groups excluding carboxylic acids is 3. The second-order valence-corrected chi connectivity index (χ2v) is 11.8. The fraction of sp³-hybridized carbons (Fsp3) is 0.464. The van der Waals surface area contributed by atoms with Gasteiger partial charge in [0.25, 0.3) is 0 Å². The minimum atomic E-state index is -0.752. The molecule has 0 aromatic heterocycles. The van der Waals surface area contributed by atoms with Crippen molar-refractivity contribution in [2.24, 2.45) is 17.8 Å². The summed E-state index contributed by atoms with van der Waals surface area (Å²) in [6, 6.07) is 14.8. The molecular weight excluding hydrogens is 474 g/mol. The molecule has 2 aromatic rings. The van der Waals surface area contributed by atoms with Crippen LogP contribution in [0.25, 0.3) is 0 Å². The van der Waals surface area contributed by atoms with Crippen LogP contribution in [0.4, 0.5) is 5.69 Å². The Morgan fingerprint density at radius 2 is 1.78 bits per heavy atom. The molecule has 3 aliphatic rings. The largest absolute Gasteiger partial charge is 0.395 e. The maximum Gasteiger partial charge on any atom is 0.248 e. The number of amides is 3. The van der Waals surface area contributed by atoms with Crippen LogP contribution in [0.2, 0.25) is 0 Å². The van der Waals surface area contributed by atoms with Gasteiger partial charge in [-0.05, 0) is 42.9 Å². The van der Waals surface area contributed by atoms with Crippen molar-refractivity contribution in [3.8, 4) is 0 Å². The first-order valence-corrected chi connectivity index (χ1v) is 13.5. The molecule has 3 amide bonds. The number of aliphatic hydroxyl groups is 1. The van der Waals surface area contributed by atoms with E-state index < -0.39 is 22.6 Å². The summed E-state index contributed by atoms with van der Waals surface area (Å²) in [6.07, 6.45) is 0.776. The van der Waals surface area contributed by atoms with E-state index in [1.54, 1.807) is 11.8 Å². The number of β-amino-alcohol motifs (C(OH)–C–C–N with tert-alkyl or cyclic N) is 1. The molecule has 3 fully saturated rings. The van der Waals surface area contributed by atoms with Crippen molar-refractivity contribution >= 4 is 35.2 Å². The van der Waals surface area contributed by atoms with Crippen LogP contribution < -0.4 is 10.6 Å². The number of para-hydroxylation sites is 1. The molecule has 2 aromatic carbocycles. The molecule has 190 valence electrons. The van der Waals surface area contributed by atoms with Gasteiger partial charge in [0.05, 0.1) is 23.2 Å². The number of aryl methyl sites for hydroxylation is 2. The molecular formula is C28H33N3O4S. The molecule has 36 heavy (non-hydrogen) atoms. The summed E-state index contributed by atoms with van der Waals surface area (Å²) in [5, 5.41) is 15.9. The summed E-state index contributed by atoms with van der Waals surface area (Å²) < 4.78 is -0.702. The zero-order chi connectivity index (χ0) is 25.6. The Morgan fingerprint density at radius 1 is 1.08 bits per heavy atom. The monoisotopic (exact) mass is 507 g/mol. The Morgan fingerprint density at radius 3 is 2.44 bits per heavy atom. The quantitative estimate of drug-likeness (QED) is 0.535. The van der Waals surface area contributed by atoms with Crippen LogP contribution in [-0.2, 0) is 20.9 Å². The number of hydrogen-bond donors (Lipinski definition) is 3. The molecule has 1 spiro atoms. The van der Waals surface area contributed by atoms with Crippen LogP contribution in [0.1, 0.15) is 30.0 Å². The molecule has 3 heterocycles. The van der Waals surface area contributed by atoms with Crippen LogP contribution in [0, 0.1) is 31.6 Å². The lowest BCUT2D eigenvalue weighted by Crippen LogP contribution is -2.55. The Bertz CT molecular complexity index is 1170. The lowest BCUT2D eigenvalue weighted by atomic mass is 9.66. The summed E-state index contributed by atoms with van der Waals surface area (Å²) in [7, 11) is 0. The number of nitrogens with one attached hydrogen (secondary N) is 2. The van der Waals surface area contributed by atoms with E-state index in [9.17, 15) is 19.5 Å². The number of anilines is 1. The molecule has 7 nitrogen and oxygen atoms in total. The molecule has 8 heteroatoms. The van der Waals surface area contributed by atoms with E-state index in [2.05, 4.69) is 17.6 Å². The van der Waals surface area contributed by atoms with Crippen LogP contribution in [0.3, 0.4) is 0 Å². The topological polar surface area (TPSA) is 98.7 Å². The lowest BCUT2D eigenvalue weighted by Gasteiger charge is -2.38. The molecule has 2 bridgehead atoms. The average molecular weight is 508 g/mol. The number of fused-ring (bicyclic) bond motifs is 1. The van der Waals surface area contributed by atoms with Gasteiger partial charge >= 0.3 is 0 Å². The van der Waals surface area contributed by atoms with Gasteiger partial charge in [0.15, 0.2) is 0 Å². The Hall–Kier alpha value is -2.84. The summed E-state index contributed by atoms with van der Waals surface area (Å²) in [5.41, 5.74) is 3.64. The van der Waals surface area contributed by atoms with Gasteiger partial charge < -0.3 is 20.6 Å². The van der Waals surface area contributed by atoms with Gasteiger partial charge in [-0.3, -0.25) is 14.4 Å².